The SMILES string of the molecule is CN1CCC(Cc2nc3c([nH]2)CNCC3)C1. The normalized spacial score (nSPS) is 25.9. The van der Waals surface area contributed by atoms with Gasteiger partial charge in [-0.05, 0) is 25.9 Å². The molecule has 3 rings (SSSR count). The van der Waals surface area contributed by atoms with E-state index in [9.17, 15) is 0 Å². The highest BCUT2D eigenvalue weighted by atomic mass is 15.1. The Morgan fingerprint density at radius 3 is 3.19 bits per heavy atom. The lowest BCUT2D eigenvalue weighted by Crippen LogP contribution is -2.23. The molecule has 1 unspecified atom stereocenters. The molecule has 16 heavy (non-hydrogen) atoms. The molecule has 0 radical (unpaired) electrons. The van der Waals surface area contributed by atoms with Crippen molar-refractivity contribution in [1.29, 1.82) is 0 Å². The summed E-state index contributed by atoms with van der Waals surface area (Å²) in [7, 11) is 2.21. The third-order valence-corrected chi connectivity index (χ3v) is 3.72. The number of aromatic nitrogens is 2. The van der Waals surface area contributed by atoms with Gasteiger partial charge < -0.3 is 15.2 Å². The summed E-state index contributed by atoms with van der Waals surface area (Å²) < 4.78 is 0. The fourth-order valence-electron chi connectivity index (χ4n) is 2.84. The molecule has 1 aromatic rings. The molecule has 1 saturated heterocycles. The topological polar surface area (TPSA) is 44.0 Å². The molecule has 2 aliphatic rings. The molecule has 1 aromatic heterocycles. The van der Waals surface area contributed by atoms with Crippen LogP contribution in [0.5, 0.6) is 0 Å². The molecule has 1 fully saturated rings. The molecule has 0 amide bonds. The highest BCUT2D eigenvalue weighted by Crippen LogP contribution is 2.19. The zero-order valence-electron chi connectivity index (χ0n) is 9.92. The van der Waals surface area contributed by atoms with E-state index in [4.69, 9.17) is 4.98 Å². The van der Waals surface area contributed by atoms with Crippen LogP contribution in [0.4, 0.5) is 0 Å². The van der Waals surface area contributed by atoms with Crippen molar-refractivity contribution in [2.24, 2.45) is 5.92 Å². The van der Waals surface area contributed by atoms with Gasteiger partial charge in [0.2, 0.25) is 0 Å². The number of H-pyrrole nitrogens is 1. The molecule has 0 bridgehead atoms. The number of likely N-dealkylation sites (tertiary alicyclic amines) is 1. The zero-order chi connectivity index (χ0) is 11.0. The van der Waals surface area contributed by atoms with E-state index in [0.29, 0.717) is 0 Å². The van der Waals surface area contributed by atoms with Gasteiger partial charge in [-0.3, -0.25) is 0 Å². The summed E-state index contributed by atoms with van der Waals surface area (Å²) in [5.74, 6) is 2.00. The van der Waals surface area contributed by atoms with Crippen molar-refractivity contribution in [3.63, 3.8) is 0 Å². The van der Waals surface area contributed by atoms with E-state index in [2.05, 4.69) is 22.2 Å². The Kier molecular flexibility index (Phi) is 2.69. The molecule has 88 valence electrons. The Bertz CT molecular complexity index is 348. The summed E-state index contributed by atoms with van der Waals surface area (Å²) in [6, 6.07) is 0. The van der Waals surface area contributed by atoms with Crippen LogP contribution < -0.4 is 5.32 Å². The molecule has 0 spiro atoms. The number of imidazole rings is 1. The van der Waals surface area contributed by atoms with E-state index in [1.807, 2.05) is 0 Å². The minimum absolute atomic E-state index is 0.797. The van der Waals surface area contributed by atoms with Crippen LogP contribution in [-0.4, -0.2) is 41.5 Å². The molecule has 4 heteroatoms. The first-order chi connectivity index (χ1) is 7.81. The molecule has 0 saturated carbocycles. The summed E-state index contributed by atoms with van der Waals surface area (Å²) in [6.45, 7) is 4.51. The van der Waals surface area contributed by atoms with Gasteiger partial charge in [-0.2, -0.15) is 0 Å². The van der Waals surface area contributed by atoms with Gasteiger partial charge in [0.25, 0.3) is 0 Å². The second-order valence-corrected chi connectivity index (χ2v) is 5.16. The van der Waals surface area contributed by atoms with Crippen LogP contribution >= 0.6 is 0 Å². The summed E-state index contributed by atoms with van der Waals surface area (Å²) in [6.07, 6.45) is 3.52. The summed E-state index contributed by atoms with van der Waals surface area (Å²) in [5, 5.41) is 3.38. The highest BCUT2D eigenvalue weighted by molar-refractivity contribution is 5.17. The van der Waals surface area contributed by atoms with Gasteiger partial charge in [-0.25, -0.2) is 4.98 Å². The average molecular weight is 220 g/mol. The third-order valence-electron chi connectivity index (χ3n) is 3.72. The van der Waals surface area contributed by atoms with Crippen molar-refractivity contribution in [1.82, 2.24) is 20.2 Å². The van der Waals surface area contributed by atoms with Gasteiger partial charge >= 0.3 is 0 Å². The molecule has 0 aromatic carbocycles. The standard InChI is InChI=1S/C12H20N4/c1-16-5-3-9(8-16)6-12-14-10-2-4-13-7-11(10)15-12/h9,13H,2-8H2,1H3,(H,14,15). The van der Waals surface area contributed by atoms with Crippen LogP contribution in [0.3, 0.4) is 0 Å². The number of hydrogen-bond acceptors (Lipinski definition) is 3. The number of aromatic amines is 1. The molecule has 0 aliphatic carbocycles. The smallest absolute Gasteiger partial charge is 0.106 e. The molecule has 1 atom stereocenters. The number of fused-ring (bicyclic) bond motifs is 1. The zero-order valence-corrected chi connectivity index (χ0v) is 9.92. The number of hydrogen-bond donors (Lipinski definition) is 2. The Hall–Kier alpha value is -0.870. The Balaban J connectivity index is 1.68. The van der Waals surface area contributed by atoms with Crippen LogP contribution in [0.15, 0.2) is 0 Å². The van der Waals surface area contributed by atoms with Gasteiger partial charge in [0.15, 0.2) is 0 Å². The van der Waals surface area contributed by atoms with Gasteiger partial charge in [0.1, 0.15) is 5.82 Å². The third kappa shape index (κ3) is 1.99. The van der Waals surface area contributed by atoms with Gasteiger partial charge in [-0.1, -0.05) is 0 Å². The van der Waals surface area contributed by atoms with Crippen molar-refractivity contribution in [3.8, 4) is 0 Å². The first-order valence-corrected chi connectivity index (χ1v) is 6.27. The van der Waals surface area contributed by atoms with Crippen LogP contribution in [0.1, 0.15) is 23.6 Å². The minimum atomic E-state index is 0.797. The van der Waals surface area contributed by atoms with E-state index in [1.165, 1.54) is 36.7 Å². The maximum atomic E-state index is 4.73. The fourth-order valence-corrected chi connectivity index (χ4v) is 2.84. The summed E-state index contributed by atoms with van der Waals surface area (Å²) in [4.78, 5) is 10.6. The number of nitrogens with zero attached hydrogens (tertiary/aromatic N) is 2. The molecular formula is C12H20N4. The first kappa shape index (κ1) is 10.3. The Morgan fingerprint density at radius 1 is 1.50 bits per heavy atom. The van der Waals surface area contributed by atoms with E-state index in [1.54, 1.807) is 0 Å². The maximum absolute atomic E-state index is 4.73. The molecule has 4 nitrogen and oxygen atoms in total. The summed E-state index contributed by atoms with van der Waals surface area (Å²) >= 11 is 0. The van der Waals surface area contributed by atoms with E-state index < -0.39 is 0 Å². The lowest BCUT2D eigenvalue weighted by atomic mass is 10.1. The van der Waals surface area contributed by atoms with E-state index >= 15 is 0 Å². The number of rotatable bonds is 2. The van der Waals surface area contributed by atoms with Crippen molar-refractivity contribution in [2.45, 2.75) is 25.8 Å². The summed E-state index contributed by atoms with van der Waals surface area (Å²) in [5.41, 5.74) is 2.60. The Morgan fingerprint density at radius 2 is 2.44 bits per heavy atom. The highest BCUT2D eigenvalue weighted by Gasteiger charge is 2.22. The average Bonchev–Trinajstić information content (AvgIpc) is 2.84. The molecule has 3 heterocycles. The molecule has 2 aliphatic heterocycles. The minimum Gasteiger partial charge on any atom is -0.345 e. The second kappa shape index (κ2) is 4.18. The maximum Gasteiger partial charge on any atom is 0.106 e. The molecule has 2 N–H and O–H groups in total. The van der Waals surface area contributed by atoms with Gasteiger partial charge in [0, 0.05) is 32.5 Å². The van der Waals surface area contributed by atoms with Crippen LogP contribution in [0.2, 0.25) is 0 Å². The van der Waals surface area contributed by atoms with Gasteiger partial charge in [0.05, 0.1) is 11.4 Å². The van der Waals surface area contributed by atoms with Crippen molar-refractivity contribution in [3.05, 3.63) is 17.2 Å². The van der Waals surface area contributed by atoms with Crippen LogP contribution in [0, 0.1) is 5.92 Å². The fraction of sp³-hybridized carbons (Fsp3) is 0.750. The first-order valence-electron chi connectivity index (χ1n) is 6.27. The van der Waals surface area contributed by atoms with Crippen molar-refractivity contribution in [2.75, 3.05) is 26.7 Å². The predicted octanol–water partition coefficient (Wildman–Crippen LogP) is 0.550. The number of nitrogens with one attached hydrogen (secondary N) is 2. The van der Waals surface area contributed by atoms with E-state index in [-0.39, 0.29) is 0 Å². The molecular weight excluding hydrogens is 200 g/mol. The lowest BCUT2D eigenvalue weighted by Gasteiger charge is -2.09. The monoisotopic (exact) mass is 220 g/mol. The van der Waals surface area contributed by atoms with Gasteiger partial charge in [-0.15, -0.1) is 0 Å². The quantitative estimate of drug-likeness (QED) is 0.765. The van der Waals surface area contributed by atoms with Crippen molar-refractivity contribution >= 4 is 0 Å². The predicted molar refractivity (Wildman–Crippen MR) is 63.3 cm³/mol. The van der Waals surface area contributed by atoms with E-state index in [0.717, 1.165) is 31.8 Å². The second-order valence-electron chi connectivity index (χ2n) is 5.16. The Labute approximate surface area is 96.4 Å². The lowest BCUT2D eigenvalue weighted by molar-refractivity contribution is 0.393. The van der Waals surface area contributed by atoms with Crippen molar-refractivity contribution < 1.29 is 0 Å². The van der Waals surface area contributed by atoms with Crippen LogP contribution in [-0.2, 0) is 19.4 Å². The largest absolute Gasteiger partial charge is 0.345 e. The van der Waals surface area contributed by atoms with Crippen LogP contribution in [0.25, 0.3) is 0 Å².